The van der Waals surface area contributed by atoms with Crippen LogP contribution in [0.4, 0.5) is 13.2 Å². The predicted octanol–water partition coefficient (Wildman–Crippen LogP) is 2.47. The van der Waals surface area contributed by atoms with E-state index in [4.69, 9.17) is 0 Å². The summed E-state index contributed by atoms with van der Waals surface area (Å²) < 4.78 is 35.6. The highest BCUT2D eigenvalue weighted by Crippen LogP contribution is 2.17. The Morgan fingerprint density at radius 1 is 1.35 bits per heavy atom. The van der Waals surface area contributed by atoms with Gasteiger partial charge in [-0.3, -0.25) is 4.99 Å². The number of guanidine groups is 1. The van der Waals surface area contributed by atoms with Crippen molar-refractivity contribution in [3.05, 3.63) is 0 Å². The molecule has 0 aromatic rings. The van der Waals surface area contributed by atoms with E-state index < -0.39 is 12.6 Å². The summed E-state index contributed by atoms with van der Waals surface area (Å²) in [4.78, 5) is 3.83. The number of hydrogen-bond acceptors (Lipinski definition) is 2. The second-order valence-corrected chi connectivity index (χ2v) is 4.57. The maximum atomic E-state index is 11.9. The molecular weight excluding hydrogens is 366 g/mol. The van der Waals surface area contributed by atoms with Gasteiger partial charge in [-0.2, -0.15) is 24.9 Å². The predicted molar refractivity (Wildman–Crippen MR) is 78.4 cm³/mol. The van der Waals surface area contributed by atoms with E-state index in [1.165, 1.54) is 7.05 Å². The van der Waals surface area contributed by atoms with E-state index in [0.29, 0.717) is 17.8 Å². The third-order valence-corrected chi connectivity index (χ3v) is 2.86. The summed E-state index contributed by atoms with van der Waals surface area (Å²) in [5, 5.41) is 5.96. The first-order chi connectivity index (χ1) is 7.39. The topological polar surface area (TPSA) is 36.4 Å². The summed E-state index contributed by atoms with van der Waals surface area (Å²) >= 11 is 1.68. The molecule has 0 heterocycles. The van der Waals surface area contributed by atoms with E-state index >= 15 is 0 Å². The third-order valence-electron chi connectivity index (χ3n) is 1.88. The first-order valence-corrected chi connectivity index (χ1v) is 6.22. The van der Waals surface area contributed by atoms with Crippen LogP contribution in [0.2, 0.25) is 0 Å². The van der Waals surface area contributed by atoms with Gasteiger partial charge in [-0.15, -0.1) is 24.0 Å². The Labute approximate surface area is 121 Å². The minimum Gasteiger partial charge on any atom is -0.356 e. The summed E-state index contributed by atoms with van der Waals surface area (Å²) in [5.74, 6) is 0.408. The molecular formula is C9H19F3IN3S. The summed E-state index contributed by atoms with van der Waals surface area (Å²) in [7, 11) is 1.53. The highest BCUT2D eigenvalue weighted by molar-refractivity contribution is 14.0. The Hall–Kier alpha value is 0.140. The molecule has 8 heteroatoms. The Balaban J connectivity index is 0. The highest BCUT2D eigenvalue weighted by Gasteiger charge is 2.26. The minimum atomic E-state index is -4.13. The van der Waals surface area contributed by atoms with Crippen molar-refractivity contribution in [1.29, 1.82) is 0 Å². The molecule has 0 radical (unpaired) electrons. The van der Waals surface area contributed by atoms with Gasteiger partial charge in [-0.05, 0) is 6.26 Å². The van der Waals surface area contributed by atoms with Gasteiger partial charge in [0.2, 0.25) is 0 Å². The van der Waals surface area contributed by atoms with Crippen LogP contribution in [0.1, 0.15) is 13.3 Å². The van der Waals surface area contributed by atoms with Gasteiger partial charge in [0, 0.05) is 25.4 Å². The molecule has 3 nitrogen and oxygen atoms in total. The molecule has 1 atom stereocenters. The Bertz CT molecular complexity index is 224. The molecule has 0 saturated heterocycles. The van der Waals surface area contributed by atoms with Gasteiger partial charge in [-0.1, -0.05) is 6.92 Å². The van der Waals surface area contributed by atoms with Crippen LogP contribution >= 0.6 is 35.7 Å². The van der Waals surface area contributed by atoms with Gasteiger partial charge >= 0.3 is 6.18 Å². The zero-order valence-electron chi connectivity index (χ0n) is 10.1. The molecule has 0 saturated carbocycles. The van der Waals surface area contributed by atoms with Gasteiger partial charge in [0.15, 0.2) is 5.96 Å². The minimum absolute atomic E-state index is 0. The normalized spacial score (nSPS) is 13.9. The van der Waals surface area contributed by atoms with E-state index in [1.807, 2.05) is 13.2 Å². The highest BCUT2D eigenvalue weighted by atomic mass is 127. The number of alkyl halides is 3. The number of hydrogen-bond donors (Lipinski definition) is 2. The number of nitrogens with zero attached hydrogens (tertiary/aromatic N) is 1. The van der Waals surface area contributed by atoms with Crippen molar-refractivity contribution in [3.8, 4) is 0 Å². The van der Waals surface area contributed by atoms with Gasteiger partial charge in [0.1, 0.15) is 0 Å². The summed E-state index contributed by atoms with van der Waals surface area (Å²) in [6, 6.07) is 0. The lowest BCUT2D eigenvalue weighted by Crippen LogP contribution is -2.41. The first-order valence-electron chi connectivity index (χ1n) is 4.93. The lowest BCUT2D eigenvalue weighted by atomic mass is 10.4. The second-order valence-electron chi connectivity index (χ2n) is 3.29. The zero-order valence-corrected chi connectivity index (χ0v) is 13.2. The molecule has 0 amide bonds. The van der Waals surface area contributed by atoms with E-state index in [0.717, 1.165) is 0 Å². The van der Waals surface area contributed by atoms with Crippen molar-refractivity contribution in [2.24, 2.45) is 4.99 Å². The third kappa shape index (κ3) is 12.4. The van der Waals surface area contributed by atoms with Crippen LogP contribution in [-0.4, -0.2) is 43.8 Å². The van der Waals surface area contributed by atoms with Gasteiger partial charge in [0.05, 0.1) is 6.42 Å². The van der Waals surface area contributed by atoms with Crippen molar-refractivity contribution < 1.29 is 13.2 Å². The molecule has 17 heavy (non-hydrogen) atoms. The van der Waals surface area contributed by atoms with Crippen LogP contribution in [-0.2, 0) is 0 Å². The average Bonchev–Trinajstić information content (AvgIpc) is 2.20. The van der Waals surface area contributed by atoms with E-state index in [2.05, 4.69) is 15.6 Å². The van der Waals surface area contributed by atoms with Crippen molar-refractivity contribution in [2.75, 3.05) is 26.4 Å². The molecule has 0 aliphatic carbocycles. The fourth-order valence-corrected chi connectivity index (χ4v) is 1.12. The molecule has 0 rings (SSSR count). The monoisotopic (exact) mass is 385 g/mol. The van der Waals surface area contributed by atoms with Crippen LogP contribution in [0.15, 0.2) is 4.99 Å². The quantitative estimate of drug-likeness (QED) is 0.434. The molecule has 0 aliphatic heterocycles. The Kier molecular flexibility index (Phi) is 11.6. The van der Waals surface area contributed by atoms with Crippen molar-refractivity contribution in [1.82, 2.24) is 10.6 Å². The lowest BCUT2D eigenvalue weighted by Gasteiger charge is -2.15. The molecule has 0 aliphatic rings. The Morgan fingerprint density at radius 2 is 1.94 bits per heavy atom. The van der Waals surface area contributed by atoms with Crippen LogP contribution < -0.4 is 10.6 Å². The first kappa shape index (κ1) is 19.5. The smallest absolute Gasteiger partial charge is 0.356 e. The van der Waals surface area contributed by atoms with E-state index in [9.17, 15) is 13.2 Å². The van der Waals surface area contributed by atoms with Gasteiger partial charge in [0.25, 0.3) is 0 Å². The maximum absolute atomic E-state index is 11.9. The summed E-state index contributed by atoms with van der Waals surface area (Å²) in [6.45, 7) is 2.55. The molecule has 0 aromatic heterocycles. The lowest BCUT2D eigenvalue weighted by molar-refractivity contribution is -0.132. The average molecular weight is 385 g/mol. The summed E-state index contributed by atoms with van der Waals surface area (Å²) in [5.41, 5.74) is 0. The summed E-state index contributed by atoms with van der Waals surface area (Å²) in [6.07, 6.45) is -3.00. The SMILES string of the molecule is CN=C(NCCC(F)(F)F)NCC(C)SC.I. The van der Waals surface area contributed by atoms with Crippen molar-refractivity contribution >= 4 is 41.7 Å². The molecule has 1 unspecified atom stereocenters. The Morgan fingerprint density at radius 3 is 2.35 bits per heavy atom. The van der Waals surface area contributed by atoms with Crippen LogP contribution in [0.5, 0.6) is 0 Å². The molecule has 0 bridgehead atoms. The fraction of sp³-hybridized carbons (Fsp3) is 0.889. The van der Waals surface area contributed by atoms with E-state index in [1.54, 1.807) is 11.8 Å². The fourth-order valence-electron chi connectivity index (χ4n) is 0.867. The molecule has 0 spiro atoms. The number of thioether (sulfide) groups is 1. The maximum Gasteiger partial charge on any atom is 0.390 e. The van der Waals surface area contributed by atoms with Crippen LogP contribution in [0.25, 0.3) is 0 Å². The molecule has 0 fully saturated rings. The largest absolute Gasteiger partial charge is 0.390 e. The van der Waals surface area contributed by atoms with Crippen molar-refractivity contribution in [2.45, 2.75) is 24.8 Å². The van der Waals surface area contributed by atoms with Crippen molar-refractivity contribution in [3.63, 3.8) is 0 Å². The van der Waals surface area contributed by atoms with Gasteiger partial charge < -0.3 is 10.6 Å². The number of rotatable bonds is 5. The molecule has 2 N–H and O–H groups in total. The second kappa shape index (κ2) is 10.1. The molecule has 0 aromatic carbocycles. The number of halogens is 4. The molecule has 104 valence electrons. The van der Waals surface area contributed by atoms with Crippen LogP contribution in [0.3, 0.4) is 0 Å². The van der Waals surface area contributed by atoms with Crippen LogP contribution in [0, 0.1) is 0 Å². The van der Waals surface area contributed by atoms with E-state index in [-0.39, 0.29) is 30.5 Å². The zero-order chi connectivity index (χ0) is 12.6. The number of aliphatic imine (C=N–C) groups is 1. The van der Waals surface area contributed by atoms with Gasteiger partial charge in [-0.25, -0.2) is 0 Å². The number of nitrogens with one attached hydrogen (secondary N) is 2. The standard InChI is InChI=1S/C9H18F3N3S.HI/c1-7(16-3)6-15-8(13-2)14-5-4-9(10,11)12;/h7H,4-6H2,1-3H3,(H2,13,14,15);1H.